The molecule has 19 heavy (non-hydrogen) atoms. The maximum absolute atomic E-state index is 12.2. The molecule has 3 nitrogen and oxygen atoms in total. The van der Waals surface area contributed by atoms with E-state index in [9.17, 15) is 4.79 Å². The van der Waals surface area contributed by atoms with Crippen LogP contribution in [-0.2, 0) is 11.2 Å². The van der Waals surface area contributed by atoms with E-state index in [0.29, 0.717) is 18.4 Å². The highest BCUT2D eigenvalue weighted by Gasteiger charge is 2.56. The van der Waals surface area contributed by atoms with Crippen LogP contribution in [0.3, 0.4) is 0 Å². The third-order valence-corrected chi connectivity index (χ3v) is 4.52. The highest BCUT2D eigenvalue weighted by Crippen LogP contribution is 2.59. The number of nitrogens with one attached hydrogen (secondary N) is 1. The van der Waals surface area contributed by atoms with Gasteiger partial charge in [-0.15, -0.1) is 0 Å². The Morgan fingerprint density at radius 1 is 1.32 bits per heavy atom. The summed E-state index contributed by atoms with van der Waals surface area (Å²) in [5.74, 6) is 1.43. The molecule has 0 heterocycles. The number of hydrogen-bond acceptors (Lipinski definition) is 2. The first-order valence-corrected chi connectivity index (χ1v) is 7.29. The molecule has 0 saturated heterocycles. The Hall–Kier alpha value is -1.35. The highest BCUT2D eigenvalue weighted by atomic mass is 16.2. The van der Waals surface area contributed by atoms with Gasteiger partial charge >= 0.3 is 0 Å². The van der Waals surface area contributed by atoms with Gasteiger partial charge in [-0.1, -0.05) is 24.3 Å². The molecule has 2 aliphatic rings. The first kappa shape index (κ1) is 12.7. The number of amides is 1. The van der Waals surface area contributed by atoms with Gasteiger partial charge in [-0.2, -0.15) is 0 Å². The summed E-state index contributed by atoms with van der Waals surface area (Å²) in [4.78, 5) is 12.2. The molecular formula is C16H21NO2. The third kappa shape index (κ3) is 2.39. The minimum absolute atomic E-state index is 0.192. The molecule has 0 aliphatic heterocycles. The fraction of sp³-hybridized carbons (Fsp3) is 0.562. The summed E-state index contributed by atoms with van der Waals surface area (Å²) in [6, 6.07) is 8.55. The van der Waals surface area contributed by atoms with E-state index >= 15 is 0 Å². The average molecular weight is 259 g/mol. The van der Waals surface area contributed by atoms with Crippen molar-refractivity contribution < 1.29 is 9.90 Å². The molecular weight excluding hydrogens is 238 g/mol. The molecule has 1 amide bonds. The molecule has 0 bridgehead atoms. The van der Waals surface area contributed by atoms with Gasteiger partial charge in [-0.25, -0.2) is 0 Å². The number of hydrogen-bond donors (Lipinski definition) is 2. The Labute approximate surface area is 114 Å². The summed E-state index contributed by atoms with van der Waals surface area (Å²) < 4.78 is 0. The van der Waals surface area contributed by atoms with Crippen LogP contribution in [0.5, 0.6) is 0 Å². The van der Waals surface area contributed by atoms with Crippen LogP contribution in [0.4, 0.5) is 0 Å². The third-order valence-electron chi connectivity index (χ3n) is 4.52. The minimum atomic E-state index is 0.192. The number of aliphatic hydroxyl groups is 1. The maximum atomic E-state index is 12.2. The molecule has 0 radical (unpaired) electrons. The molecule has 1 aromatic rings. The molecule has 3 unspecified atom stereocenters. The summed E-state index contributed by atoms with van der Waals surface area (Å²) in [5, 5.41) is 11.7. The van der Waals surface area contributed by atoms with E-state index in [4.69, 9.17) is 5.11 Å². The van der Waals surface area contributed by atoms with Crippen LogP contribution >= 0.6 is 0 Å². The molecule has 3 rings (SSSR count). The van der Waals surface area contributed by atoms with Crippen LogP contribution < -0.4 is 5.32 Å². The van der Waals surface area contributed by atoms with Gasteiger partial charge in [0, 0.05) is 19.1 Å². The minimum Gasteiger partial charge on any atom is -0.396 e. The summed E-state index contributed by atoms with van der Waals surface area (Å²) in [6.07, 6.45) is 3.89. The molecule has 2 N–H and O–H groups in total. The second kappa shape index (κ2) is 5.33. The average Bonchev–Trinajstić information content (AvgIpc) is 3.18. The van der Waals surface area contributed by atoms with Crippen LogP contribution in [0.2, 0.25) is 0 Å². The summed E-state index contributed by atoms with van der Waals surface area (Å²) in [6.45, 7) is 0.898. The summed E-state index contributed by atoms with van der Waals surface area (Å²) in [5.41, 5.74) is 2.83. The molecule has 0 aromatic heterocycles. The predicted molar refractivity (Wildman–Crippen MR) is 73.8 cm³/mol. The standard InChI is InChI=1S/C16H21NO2/c18-10-4-3-9-17-16(19)15-13-8-7-11-5-1-2-6-12(11)14(13)15/h1-2,5-6,13-15,18H,3-4,7-10H2,(H,17,19). The number of rotatable bonds is 5. The molecule has 0 spiro atoms. The van der Waals surface area contributed by atoms with Crippen LogP contribution in [0.1, 0.15) is 36.3 Å². The Morgan fingerprint density at radius 3 is 3.00 bits per heavy atom. The second-order valence-corrected chi connectivity index (χ2v) is 5.67. The van der Waals surface area contributed by atoms with Crippen LogP contribution in [0.25, 0.3) is 0 Å². The van der Waals surface area contributed by atoms with Crippen LogP contribution in [-0.4, -0.2) is 24.2 Å². The van der Waals surface area contributed by atoms with Crippen molar-refractivity contribution in [3.8, 4) is 0 Å². The molecule has 2 aliphatic carbocycles. The molecule has 1 aromatic carbocycles. The van der Waals surface area contributed by atoms with Crippen LogP contribution in [0.15, 0.2) is 24.3 Å². The first-order valence-electron chi connectivity index (χ1n) is 7.29. The monoisotopic (exact) mass is 259 g/mol. The highest BCUT2D eigenvalue weighted by molar-refractivity contribution is 5.84. The van der Waals surface area contributed by atoms with Crippen molar-refractivity contribution in [2.24, 2.45) is 11.8 Å². The molecule has 1 fully saturated rings. The Bertz CT molecular complexity index is 472. The number of unbranched alkanes of at least 4 members (excludes halogenated alkanes) is 1. The van der Waals surface area contributed by atoms with E-state index in [1.54, 1.807) is 0 Å². The molecule has 3 atom stereocenters. The van der Waals surface area contributed by atoms with Gasteiger partial charge in [-0.3, -0.25) is 4.79 Å². The lowest BCUT2D eigenvalue weighted by molar-refractivity contribution is -0.122. The lowest BCUT2D eigenvalue weighted by Crippen LogP contribution is -2.27. The van der Waals surface area contributed by atoms with Gasteiger partial charge in [0.15, 0.2) is 0 Å². The van der Waals surface area contributed by atoms with E-state index in [0.717, 1.165) is 25.7 Å². The Morgan fingerprint density at radius 2 is 2.16 bits per heavy atom. The smallest absolute Gasteiger partial charge is 0.224 e. The summed E-state index contributed by atoms with van der Waals surface area (Å²) >= 11 is 0. The van der Waals surface area contributed by atoms with E-state index in [2.05, 4.69) is 29.6 Å². The van der Waals surface area contributed by atoms with Crippen molar-refractivity contribution in [3.63, 3.8) is 0 Å². The van der Waals surface area contributed by atoms with Crippen molar-refractivity contribution in [2.75, 3.05) is 13.2 Å². The van der Waals surface area contributed by atoms with Crippen molar-refractivity contribution in [3.05, 3.63) is 35.4 Å². The number of carbonyl (C=O) groups is 1. The number of fused-ring (bicyclic) bond motifs is 3. The number of aryl methyl sites for hydroxylation is 1. The number of aliphatic hydroxyl groups excluding tert-OH is 1. The van der Waals surface area contributed by atoms with E-state index < -0.39 is 0 Å². The molecule has 1 saturated carbocycles. The topological polar surface area (TPSA) is 49.3 Å². The van der Waals surface area contributed by atoms with Crippen molar-refractivity contribution >= 4 is 5.91 Å². The Balaban J connectivity index is 1.59. The SMILES string of the molecule is O=C(NCCCCO)C1C2CCc3ccccc3C21. The van der Waals surface area contributed by atoms with E-state index in [1.807, 2.05) is 0 Å². The molecule has 102 valence electrons. The lowest BCUT2D eigenvalue weighted by atomic mass is 9.92. The van der Waals surface area contributed by atoms with E-state index in [-0.39, 0.29) is 18.4 Å². The van der Waals surface area contributed by atoms with Gasteiger partial charge in [0.1, 0.15) is 0 Å². The Kier molecular flexibility index (Phi) is 3.56. The van der Waals surface area contributed by atoms with Crippen molar-refractivity contribution in [1.29, 1.82) is 0 Å². The van der Waals surface area contributed by atoms with Gasteiger partial charge in [0.25, 0.3) is 0 Å². The zero-order valence-corrected chi connectivity index (χ0v) is 11.1. The second-order valence-electron chi connectivity index (χ2n) is 5.67. The maximum Gasteiger partial charge on any atom is 0.224 e. The van der Waals surface area contributed by atoms with Gasteiger partial charge < -0.3 is 10.4 Å². The fourth-order valence-electron chi connectivity index (χ4n) is 3.49. The van der Waals surface area contributed by atoms with Gasteiger partial charge in [-0.05, 0) is 48.6 Å². The van der Waals surface area contributed by atoms with Crippen LogP contribution in [0, 0.1) is 11.8 Å². The first-order chi connectivity index (χ1) is 9.33. The summed E-state index contributed by atoms with van der Waals surface area (Å²) in [7, 11) is 0. The normalized spacial score (nSPS) is 27.3. The number of benzene rings is 1. The molecule has 3 heteroatoms. The quantitative estimate of drug-likeness (QED) is 0.793. The largest absolute Gasteiger partial charge is 0.396 e. The van der Waals surface area contributed by atoms with E-state index in [1.165, 1.54) is 11.1 Å². The zero-order valence-electron chi connectivity index (χ0n) is 11.1. The fourth-order valence-corrected chi connectivity index (χ4v) is 3.49. The van der Waals surface area contributed by atoms with Gasteiger partial charge in [0.2, 0.25) is 5.91 Å². The zero-order chi connectivity index (χ0) is 13.2. The van der Waals surface area contributed by atoms with Crippen molar-refractivity contribution in [1.82, 2.24) is 5.32 Å². The number of carbonyl (C=O) groups excluding carboxylic acids is 1. The lowest BCUT2D eigenvalue weighted by Gasteiger charge is -2.13. The van der Waals surface area contributed by atoms with Crippen molar-refractivity contribution in [2.45, 2.75) is 31.6 Å². The predicted octanol–water partition coefficient (Wildman–Crippen LogP) is 1.85. The van der Waals surface area contributed by atoms with Gasteiger partial charge in [0.05, 0.1) is 0 Å².